The molecular weight excluding hydrogens is 286 g/mol. The highest BCUT2D eigenvalue weighted by molar-refractivity contribution is 5.83. The summed E-state index contributed by atoms with van der Waals surface area (Å²) < 4.78 is 5.27. The summed E-state index contributed by atoms with van der Waals surface area (Å²) in [4.78, 5) is 6.80. The number of rotatable bonds is 4. The van der Waals surface area contributed by atoms with Crippen LogP contribution < -0.4 is 0 Å². The fourth-order valence-corrected chi connectivity index (χ4v) is 3.36. The number of fused-ring (bicyclic) bond motifs is 1. The lowest BCUT2D eigenvalue weighted by Crippen LogP contribution is -2.46. The lowest BCUT2D eigenvalue weighted by atomic mass is 9.93. The van der Waals surface area contributed by atoms with Gasteiger partial charge in [0.25, 0.3) is 0 Å². The molecule has 0 aliphatic carbocycles. The summed E-state index contributed by atoms with van der Waals surface area (Å²) in [6.45, 7) is 7.26. The number of hydrogen-bond donors (Lipinski definition) is 0. The predicted molar refractivity (Wildman–Crippen MR) is 90.6 cm³/mol. The van der Waals surface area contributed by atoms with Crippen LogP contribution in [0.2, 0.25) is 0 Å². The monoisotopic (exact) mass is 307 g/mol. The Bertz CT molecular complexity index is 820. The van der Waals surface area contributed by atoms with Gasteiger partial charge in [0.2, 0.25) is 5.89 Å². The van der Waals surface area contributed by atoms with Gasteiger partial charge in [-0.05, 0) is 29.2 Å². The maximum atomic E-state index is 5.27. The van der Waals surface area contributed by atoms with Gasteiger partial charge in [-0.1, -0.05) is 54.5 Å². The van der Waals surface area contributed by atoms with Gasteiger partial charge in [0.15, 0.2) is 5.82 Å². The quantitative estimate of drug-likeness (QED) is 0.736. The van der Waals surface area contributed by atoms with E-state index in [1.54, 1.807) is 0 Å². The van der Waals surface area contributed by atoms with Crippen molar-refractivity contribution < 1.29 is 4.52 Å². The van der Waals surface area contributed by atoms with E-state index < -0.39 is 0 Å². The number of likely N-dealkylation sites (tertiary alicyclic amines) is 1. The van der Waals surface area contributed by atoms with Crippen LogP contribution in [0.25, 0.3) is 10.8 Å². The molecule has 1 atom stereocenters. The Hall–Kier alpha value is -2.20. The first-order valence-corrected chi connectivity index (χ1v) is 8.20. The molecule has 4 rings (SSSR count). The van der Waals surface area contributed by atoms with Crippen LogP contribution in [0.4, 0.5) is 0 Å². The topological polar surface area (TPSA) is 42.2 Å². The van der Waals surface area contributed by atoms with Crippen molar-refractivity contribution in [2.24, 2.45) is 0 Å². The van der Waals surface area contributed by atoms with E-state index in [0.29, 0.717) is 11.8 Å². The molecule has 1 aliphatic rings. The summed E-state index contributed by atoms with van der Waals surface area (Å²) in [5.74, 6) is 2.44. The third kappa shape index (κ3) is 2.86. The SMILES string of the molecule is Cc1noc(C2CN(CC(C)c3ccc4ccccc4c3)C2)n1. The molecule has 0 spiro atoms. The molecule has 1 aromatic heterocycles. The first-order valence-electron chi connectivity index (χ1n) is 8.20. The Morgan fingerprint density at radius 2 is 1.96 bits per heavy atom. The standard InChI is InChI=1S/C19H21N3O/c1-13(16-8-7-15-5-3-4-6-17(15)9-16)10-22-11-18(12-22)19-20-14(2)21-23-19/h3-9,13,18H,10-12H2,1-2H3. The molecule has 0 bridgehead atoms. The number of aryl methyl sites for hydroxylation is 1. The fourth-order valence-electron chi connectivity index (χ4n) is 3.36. The zero-order chi connectivity index (χ0) is 15.8. The first kappa shape index (κ1) is 14.4. The van der Waals surface area contributed by atoms with Crippen LogP contribution in [-0.4, -0.2) is 34.7 Å². The van der Waals surface area contributed by atoms with Gasteiger partial charge in [-0.2, -0.15) is 4.98 Å². The van der Waals surface area contributed by atoms with Gasteiger partial charge in [-0.3, -0.25) is 0 Å². The number of benzene rings is 2. The molecule has 0 amide bonds. The molecule has 0 N–H and O–H groups in total. The molecule has 0 saturated carbocycles. The van der Waals surface area contributed by atoms with Crippen molar-refractivity contribution in [2.45, 2.75) is 25.7 Å². The van der Waals surface area contributed by atoms with Crippen LogP contribution in [0.3, 0.4) is 0 Å². The molecule has 0 radical (unpaired) electrons. The minimum absolute atomic E-state index is 0.403. The highest BCUT2D eigenvalue weighted by Gasteiger charge is 2.32. The Kier molecular flexibility index (Phi) is 3.62. The molecule has 1 unspecified atom stereocenters. The van der Waals surface area contributed by atoms with Crippen LogP contribution in [0.5, 0.6) is 0 Å². The van der Waals surface area contributed by atoms with Crippen LogP contribution >= 0.6 is 0 Å². The van der Waals surface area contributed by atoms with Crippen molar-refractivity contribution >= 4 is 10.8 Å². The third-order valence-electron chi connectivity index (χ3n) is 4.72. The van der Waals surface area contributed by atoms with E-state index in [9.17, 15) is 0 Å². The van der Waals surface area contributed by atoms with E-state index in [1.165, 1.54) is 16.3 Å². The van der Waals surface area contributed by atoms with Gasteiger partial charge in [-0.15, -0.1) is 0 Å². The second-order valence-corrected chi connectivity index (χ2v) is 6.60. The smallest absolute Gasteiger partial charge is 0.232 e. The minimum atomic E-state index is 0.403. The van der Waals surface area contributed by atoms with E-state index in [2.05, 4.69) is 64.4 Å². The van der Waals surface area contributed by atoms with E-state index >= 15 is 0 Å². The van der Waals surface area contributed by atoms with E-state index in [1.807, 2.05) is 6.92 Å². The summed E-state index contributed by atoms with van der Waals surface area (Å²) in [6, 6.07) is 15.3. The zero-order valence-corrected chi connectivity index (χ0v) is 13.6. The van der Waals surface area contributed by atoms with Crippen molar-refractivity contribution in [3.63, 3.8) is 0 Å². The van der Waals surface area contributed by atoms with Crippen molar-refractivity contribution in [3.05, 3.63) is 59.7 Å². The second-order valence-electron chi connectivity index (χ2n) is 6.60. The van der Waals surface area contributed by atoms with Crippen LogP contribution in [0, 0.1) is 6.92 Å². The largest absolute Gasteiger partial charge is 0.339 e. The average Bonchev–Trinajstić information content (AvgIpc) is 2.95. The van der Waals surface area contributed by atoms with Crippen LogP contribution in [0.15, 0.2) is 47.0 Å². The molecule has 3 aromatic rings. The van der Waals surface area contributed by atoms with Gasteiger partial charge >= 0.3 is 0 Å². The lowest BCUT2D eigenvalue weighted by molar-refractivity contribution is 0.119. The molecule has 4 nitrogen and oxygen atoms in total. The Morgan fingerprint density at radius 1 is 1.17 bits per heavy atom. The van der Waals surface area contributed by atoms with Crippen molar-refractivity contribution in [3.8, 4) is 0 Å². The molecule has 23 heavy (non-hydrogen) atoms. The summed E-state index contributed by atoms with van der Waals surface area (Å²) in [6.07, 6.45) is 0. The van der Waals surface area contributed by atoms with E-state index in [0.717, 1.165) is 31.3 Å². The summed E-state index contributed by atoms with van der Waals surface area (Å²) >= 11 is 0. The molecular formula is C19H21N3O. The Labute approximate surface area is 136 Å². The van der Waals surface area contributed by atoms with Crippen molar-refractivity contribution in [1.82, 2.24) is 15.0 Å². The van der Waals surface area contributed by atoms with Gasteiger partial charge in [-0.25, -0.2) is 0 Å². The van der Waals surface area contributed by atoms with Gasteiger partial charge in [0, 0.05) is 19.6 Å². The van der Waals surface area contributed by atoms with Gasteiger partial charge in [0.05, 0.1) is 5.92 Å². The average molecular weight is 307 g/mol. The molecule has 1 saturated heterocycles. The molecule has 118 valence electrons. The highest BCUT2D eigenvalue weighted by Crippen LogP contribution is 2.29. The molecule has 1 fully saturated rings. The first-order chi connectivity index (χ1) is 11.2. The molecule has 2 heterocycles. The number of nitrogens with zero attached hydrogens (tertiary/aromatic N) is 3. The Morgan fingerprint density at radius 3 is 2.70 bits per heavy atom. The molecule has 2 aromatic carbocycles. The second kappa shape index (κ2) is 5.78. The maximum Gasteiger partial charge on any atom is 0.232 e. The fraction of sp³-hybridized carbons (Fsp3) is 0.368. The number of aromatic nitrogens is 2. The van der Waals surface area contributed by atoms with Crippen LogP contribution in [0.1, 0.15) is 36.0 Å². The van der Waals surface area contributed by atoms with Crippen LogP contribution in [-0.2, 0) is 0 Å². The lowest BCUT2D eigenvalue weighted by Gasteiger charge is -2.38. The third-order valence-corrected chi connectivity index (χ3v) is 4.72. The maximum absolute atomic E-state index is 5.27. The van der Waals surface area contributed by atoms with E-state index in [4.69, 9.17) is 4.52 Å². The summed E-state index contributed by atoms with van der Waals surface area (Å²) in [7, 11) is 0. The highest BCUT2D eigenvalue weighted by atomic mass is 16.5. The Balaban J connectivity index is 1.39. The number of hydrogen-bond acceptors (Lipinski definition) is 4. The van der Waals surface area contributed by atoms with Crippen molar-refractivity contribution in [1.29, 1.82) is 0 Å². The summed E-state index contributed by atoms with van der Waals surface area (Å²) in [5.41, 5.74) is 1.40. The molecule has 4 heteroatoms. The molecule has 1 aliphatic heterocycles. The normalized spacial score (nSPS) is 17.3. The summed E-state index contributed by atoms with van der Waals surface area (Å²) in [5, 5.41) is 6.50. The van der Waals surface area contributed by atoms with Gasteiger partial charge in [0.1, 0.15) is 0 Å². The predicted octanol–water partition coefficient (Wildman–Crippen LogP) is 3.73. The van der Waals surface area contributed by atoms with Crippen molar-refractivity contribution in [2.75, 3.05) is 19.6 Å². The zero-order valence-electron chi connectivity index (χ0n) is 13.6. The van der Waals surface area contributed by atoms with Gasteiger partial charge < -0.3 is 9.42 Å². The minimum Gasteiger partial charge on any atom is -0.339 e. The van der Waals surface area contributed by atoms with E-state index in [-0.39, 0.29) is 0 Å².